The molecule has 6 nitrogen and oxygen atoms in total. The molecule has 0 atom stereocenters. The standard InChI is InChI=1S/C13H15N3O3S/c1-8-13(9(2)19-15-8)20(17,18)16-7-6-10-4-3-5-11(14)12(10)16/h3-5H,6-7,14H2,1-2H3. The summed E-state index contributed by atoms with van der Waals surface area (Å²) >= 11 is 0. The van der Waals surface area contributed by atoms with Gasteiger partial charge in [0, 0.05) is 6.54 Å². The number of fused-ring (bicyclic) bond motifs is 1. The second-order valence-corrected chi connectivity index (χ2v) is 6.63. The lowest BCUT2D eigenvalue weighted by atomic mass is 10.1. The van der Waals surface area contributed by atoms with Crippen LogP contribution in [0.4, 0.5) is 11.4 Å². The lowest BCUT2D eigenvalue weighted by Crippen LogP contribution is -2.30. The summed E-state index contributed by atoms with van der Waals surface area (Å²) in [6, 6.07) is 5.44. The zero-order chi connectivity index (χ0) is 14.5. The molecule has 1 aromatic carbocycles. The SMILES string of the molecule is Cc1noc(C)c1S(=O)(=O)N1CCc2cccc(N)c21. The maximum Gasteiger partial charge on any atom is 0.269 e. The Hall–Kier alpha value is -2.02. The van der Waals surface area contributed by atoms with E-state index in [2.05, 4.69) is 5.16 Å². The fourth-order valence-electron chi connectivity index (χ4n) is 2.64. The van der Waals surface area contributed by atoms with Crippen LogP contribution in [0.3, 0.4) is 0 Å². The molecule has 2 heterocycles. The van der Waals surface area contributed by atoms with Gasteiger partial charge >= 0.3 is 0 Å². The van der Waals surface area contributed by atoms with Crippen molar-refractivity contribution in [2.45, 2.75) is 25.2 Å². The number of nitrogens with zero attached hydrogens (tertiary/aromatic N) is 2. The van der Waals surface area contributed by atoms with Crippen LogP contribution in [0.25, 0.3) is 0 Å². The number of nitrogen functional groups attached to an aromatic ring is 1. The largest absolute Gasteiger partial charge is 0.397 e. The van der Waals surface area contributed by atoms with Crippen molar-refractivity contribution in [1.82, 2.24) is 5.16 Å². The summed E-state index contributed by atoms with van der Waals surface area (Å²) in [6.07, 6.45) is 0.656. The summed E-state index contributed by atoms with van der Waals surface area (Å²) < 4.78 is 32.0. The third kappa shape index (κ3) is 1.70. The average Bonchev–Trinajstić information content (AvgIpc) is 2.95. The predicted octanol–water partition coefficient (Wildman–Crippen LogP) is 1.63. The van der Waals surface area contributed by atoms with Crippen LogP contribution in [0.5, 0.6) is 0 Å². The molecule has 20 heavy (non-hydrogen) atoms. The molecule has 0 aliphatic carbocycles. The lowest BCUT2D eigenvalue weighted by Gasteiger charge is -2.20. The number of benzene rings is 1. The summed E-state index contributed by atoms with van der Waals surface area (Å²) in [4.78, 5) is 0.133. The topological polar surface area (TPSA) is 89.4 Å². The molecule has 2 aromatic rings. The maximum absolute atomic E-state index is 12.8. The van der Waals surface area contributed by atoms with Gasteiger partial charge < -0.3 is 10.3 Å². The molecule has 0 amide bonds. The third-order valence-corrected chi connectivity index (χ3v) is 5.54. The molecule has 106 valence electrons. The zero-order valence-electron chi connectivity index (χ0n) is 11.3. The van der Waals surface area contributed by atoms with Crippen molar-refractivity contribution in [2.24, 2.45) is 0 Å². The number of hydrogen-bond acceptors (Lipinski definition) is 5. The molecule has 0 fully saturated rings. The Morgan fingerprint density at radius 2 is 2.10 bits per heavy atom. The summed E-state index contributed by atoms with van der Waals surface area (Å²) in [5.41, 5.74) is 8.30. The van der Waals surface area contributed by atoms with Crippen molar-refractivity contribution in [3.8, 4) is 0 Å². The molecule has 1 aliphatic rings. The summed E-state index contributed by atoms with van der Waals surface area (Å²) in [7, 11) is -3.70. The van der Waals surface area contributed by atoms with E-state index < -0.39 is 10.0 Å². The van der Waals surface area contributed by atoms with Crippen LogP contribution in [0.2, 0.25) is 0 Å². The molecule has 0 saturated heterocycles. The minimum Gasteiger partial charge on any atom is -0.397 e. The molecule has 0 radical (unpaired) electrons. The number of aryl methyl sites for hydroxylation is 2. The van der Waals surface area contributed by atoms with E-state index in [1.54, 1.807) is 19.9 Å². The quantitative estimate of drug-likeness (QED) is 0.850. The van der Waals surface area contributed by atoms with Crippen molar-refractivity contribution in [1.29, 1.82) is 0 Å². The van der Waals surface area contributed by atoms with Gasteiger partial charge in [-0.15, -0.1) is 0 Å². The van der Waals surface area contributed by atoms with Gasteiger partial charge in [0.05, 0.1) is 11.4 Å². The average molecular weight is 293 g/mol. The van der Waals surface area contributed by atoms with Crippen molar-refractivity contribution in [3.05, 3.63) is 35.2 Å². The van der Waals surface area contributed by atoms with E-state index >= 15 is 0 Å². The first-order chi connectivity index (χ1) is 9.43. The van der Waals surface area contributed by atoms with Gasteiger partial charge in [-0.05, 0) is 31.9 Å². The number of rotatable bonds is 2. The highest BCUT2D eigenvalue weighted by atomic mass is 32.2. The summed E-state index contributed by atoms with van der Waals surface area (Å²) in [6.45, 7) is 3.60. The Morgan fingerprint density at radius 1 is 1.35 bits per heavy atom. The highest BCUT2D eigenvalue weighted by molar-refractivity contribution is 7.93. The molecule has 1 aromatic heterocycles. The van der Waals surface area contributed by atoms with Gasteiger partial charge in [0.1, 0.15) is 5.69 Å². The van der Waals surface area contributed by atoms with Crippen LogP contribution in [-0.2, 0) is 16.4 Å². The second-order valence-electron chi connectivity index (χ2n) is 4.84. The van der Waals surface area contributed by atoms with E-state index in [0.717, 1.165) is 5.56 Å². The summed E-state index contributed by atoms with van der Waals surface area (Å²) in [5.74, 6) is 0.297. The van der Waals surface area contributed by atoms with Crippen molar-refractivity contribution < 1.29 is 12.9 Å². The highest BCUT2D eigenvalue weighted by Crippen LogP contribution is 2.38. The van der Waals surface area contributed by atoms with Gasteiger partial charge in [-0.25, -0.2) is 8.42 Å². The number of sulfonamides is 1. The Morgan fingerprint density at radius 3 is 2.75 bits per heavy atom. The van der Waals surface area contributed by atoms with Gasteiger partial charge in [-0.3, -0.25) is 4.31 Å². The number of aromatic nitrogens is 1. The molecular weight excluding hydrogens is 278 g/mol. The van der Waals surface area contributed by atoms with Gasteiger partial charge in [0.2, 0.25) is 0 Å². The van der Waals surface area contributed by atoms with E-state index in [9.17, 15) is 8.42 Å². The Balaban J connectivity index is 2.17. The van der Waals surface area contributed by atoms with Crippen LogP contribution in [-0.4, -0.2) is 20.1 Å². The first-order valence-corrected chi connectivity index (χ1v) is 7.70. The molecule has 0 unspecified atom stereocenters. The van der Waals surface area contributed by atoms with Crippen molar-refractivity contribution >= 4 is 21.4 Å². The highest BCUT2D eigenvalue weighted by Gasteiger charge is 2.36. The Labute approximate surface area is 117 Å². The van der Waals surface area contributed by atoms with Gasteiger partial charge in [0.25, 0.3) is 10.0 Å². The van der Waals surface area contributed by atoms with E-state index in [1.807, 2.05) is 12.1 Å². The van der Waals surface area contributed by atoms with Crippen LogP contribution >= 0.6 is 0 Å². The minimum absolute atomic E-state index is 0.133. The van der Waals surface area contributed by atoms with Crippen molar-refractivity contribution in [3.63, 3.8) is 0 Å². The predicted molar refractivity (Wildman–Crippen MR) is 75.1 cm³/mol. The fourth-order valence-corrected chi connectivity index (χ4v) is 4.47. The van der Waals surface area contributed by atoms with Crippen LogP contribution in [0.1, 0.15) is 17.0 Å². The van der Waals surface area contributed by atoms with Crippen LogP contribution in [0.15, 0.2) is 27.6 Å². The third-order valence-electron chi connectivity index (χ3n) is 3.50. The number of anilines is 2. The molecule has 0 bridgehead atoms. The Kier molecular flexibility index (Phi) is 2.75. The number of para-hydroxylation sites is 1. The molecule has 3 rings (SSSR count). The van der Waals surface area contributed by atoms with Gasteiger partial charge in [0.15, 0.2) is 10.7 Å². The molecule has 1 aliphatic heterocycles. The van der Waals surface area contributed by atoms with Crippen molar-refractivity contribution in [2.75, 3.05) is 16.6 Å². The molecule has 2 N–H and O–H groups in total. The first-order valence-electron chi connectivity index (χ1n) is 6.26. The fraction of sp³-hybridized carbons (Fsp3) is 0.308. The minimum atomic E-state index is -3.70. The van der Waals surface area contributed by atoms with E-state index in [-0.39, 0.29) is 4.90 Å². The second kappa shape index (κ2) is 4.24. The lowest BCUT2D eigenvalue weighted by molar-refractivity contribution is 0.390. The van der Waals surface area contributed by atoms with Crippen LogP contribution in [0, 0.1) is 13.8 Å². The maximum atomic E-state index is 12.8. The van der Waals surface area contributed by atoms with E-state index in [1.165, 1.54) is 4.31 Å². The molecule has 0 spiro atoms. The van der Waals surface area contributed by atoms with Gasteiger partial charge in [-0.1, -0.05) is 17.3 Å². The van der Waals surface area contributed by atoms with Crippen LogP contribution < -0.4 is 10.0 Å². The summed E-state index contributed by atoms with van der Waals surface area (Å²) in [5, 5.41) is 3.72. The smallest absolute Gasteiger partial charge is 0.269 e. The number of hydrogen-bond donors (Lipinski definition) is 1. The van der Waals surface area contributed by atoms with Gasteiger partial charge in [-0.2, -0.15) is 0 Å². The normalized spacial score (nSPS) is 14.6. The first kappa shape index (κ1) is 13.0. The zero-order valence-corrected chi connectivity index (χ0v) is 12.1. The number of nitrogens with two attached hydrogens (primary N) is 1. The Bertz CT molecular complexity index is 761. The molecule has 7 heteroatoms. The molecule has 0 saturated carbocycles. The van der Waals surface area contributed by atoms with E-state index in [0.29, 0.717) is 35.8 Å². The molecular formula is C13H15N3O3S. The van der Waals surface area contributed by atoms with E-state index in [4.69, 9.17) is 10.3 Å². The monoisotopic (exact) mass is 293 g/mol.